The molecule has 18 heavy (non-hydrogen) atoms. The highest BCUT2D eigenvalue weighted by atomic mass is 16.5. The van der Waals surface area contributed by atoms with Gasteiger partial charge in [-0.15, -0.1) is 0 Å². The van der Waals surface area contributed by atoms with Crippen LogP contribution in [-0.4, -0.2) is 24.3 Å². The van der Waals surface area contributed by atoms with E-state index in [1.54, 1.807) is 0 Å². The minimum atomic E-state index is -0.977. The first-order valence-corrected chi connectivity index (χ1v) is 6.13. The Bertz CT molecular complexity index is 373. The number of carboxylic acid groups (broad SMARTS) is 1. The third-order valence-electron chi connectivity index (χ3n) is 2.57. The van der Waals surface area contributed by atoms with Gasteiger partial charge in [0.25, 0.3) is 0 Å². The molecule has 0 saturated heterocycles. The van der Waals surface area contributed by atoms with Crippen molar-refractivity contribution in [2.75, 3.05) is 13.2 Å². The third-order valence-corrected chi connectivity index (χ3v) is 2.57. The van der Waals surface area contributed by atoms with Crippen molar-refractivity contribution in [3.8, 4) is 0 Å². The maximum absolute atomic E-state index is 10.3. The van der Waals surface area contributed by atoms with Gasteiger partial charge in [0.15, 0.2) is 0 Å². The maximum Gasteiger partial charge on any atom is 0.329 e. The molecule has 4 nitrogen and oxygen atoms in total. The van der Waals surface area contributed by atoms with E-state index < -0.39 is 5.97 Å². The molecule has 1 atom stereocenters. The van der Waals surface area contributed by atoms with Gasteiger partial charge in [0.05, 0.1) is 12.6 Å². The number of nitrogens with two attached hydrogens (primary N) is 1. The van der Waals surface area contributed by atoms with Crippen molar-refractivity contribution in [2.45, 2.75) is 26.3 Å². The lowest BCUT2D eigenvalue weighted by atomic mass is 10.00. The van der Waals surface area contributed by atoms with E-state index in [9.17, 15) is 4.79 Å². The molecule has 0 aliphatic rings. The van der Waals surface area contributed by atoms with Crippen LogP contribution < -0.4 is 5.73 Å². The van der Waals surface area contributed by atoms with E-state index in [1.165, 1.54) is 5.56 Å². The van der Waals surface area contributed by atoms with Gasteiger partial charge in [-0.25, -0.2) is 4.79 Å². The van der Waals surface area contributed by atoms with Crippen LogP contribution in [0.5, 0.6) is 0 Å². The van der Waals surface area contributed by atoms with E-state index in [0.29, 0.717) is 5.92 Å². The van der Waals surface area contributed by atoms with E-state index >= 15 is 0 Å². The molecule has 0 radical (unpaired) electrons. The molecule has 0 spiro atoms. The summed E-state index contributed by atoms with van der Waals surface area (Å²) < 4.78 is 4.98. The molecule has 0 aliphatic carbocycles. The van der Waals surface area contributed by atoms with Gasteiger partial charge in [-0.3, -0.25) is 0 Å². The van der Waals surface area contributed by atoms with Crippen molar-refractivity contribution in [1.29, 1.82) is 0 Å². The van der Waals surface area contributed by atoms with Gasteiger partial charge < -0.3 is 15.6 Å². The first kappa shape index (κ1) is 14.7. The Balaban J connectivity index is 2.48. The molecular weight excluding hydrogens is 230 g/mol. The maximum atomic E-state index is 10.3. The molecule has 0 aromatic heterocycles. The Morgan fingerprint density at radius 1 is 1.33 bits per heavy atom. The lowest BCUT2D eigenvalue weighted by molar-refractivity contribution is -0.142. The highest BCUT2D eigenvalue weighted by Gasteiger charge is 2.07. The molecule has 0 bridgehead atoms. The van der Waals surface area contributed by atoms with E-state index in [0.717, 1.165) is 12.0 Å². The normalized spacial score (nSPS) is 12.7. The number of carbonyl (C=O) groups is 1. The summed E-state index contributed by atoms with van der Waals surface area (Å²) in [5.74, 6) is -0.349. The van der Waals surface area contributed by atoms with E-state index in [2.05, 4.69) is 26.0 Å². The predicted molar refractivity (Wildman–Crippen MR) is 70.4 cm³/mol. The number of carboxylic acids is 1. The highest BCUT2D eigenvalue weighted by Crippen LogP contribution is 2.14. The number of ether oxygens (including phenoxy) is 1. The van der Waals surface area contributed by atoms with Crippen LogP contribution in [0.1, 0.15) is 31.0 Å². The average molecular weight is 251 g/mol. The SMILES string of the molecule is CC(C)Cc1ccc(C(N)COCC(=O)O)cc1. The summed E-state index contributed by atoms with van der Waals surface area (Å²) in [5, 5.41) is 8.45. The molecule has 0 amide bonds. The summed E-state index contributed by atoms with van der Waals surface area (Å²) in [6.45, 7) is 4.27. The second kappa shape index (κ2) is 7.13. The summed E-state index contributed by atoms with van der Waals surface area (Å²) in [6.07, 6.45) is 1.05. The average Bonchev–Trinajstić information content (AvgIpc) is 2.28. The number of hydrogen-bond donors (Lipinski definition) is 2. The summed E-state index contributed by atoms with van der Waals surface area (Å²) in [6, 6.07) is 7.80. The molecule has 4 heteroatoms. The minimum Gasteiger partial charge on any atom is -0.480 e. The second-order valence-corrected chi connectivity index (χ2v) is 4.85. The first-order valence-electron chi connectivity index (χ1n) is 6.13. The third kappa shape index (κ3) is 5.29. The van der Waals surface area contributed by atoms with Gasteiger partial charge in [-0.2, -0.15) is 0 Å². The zero-order valence-corrected chi connectivity index (χ0v) is 10.9. The molecule has 1 aromatic carbocycles. The van der Waals surface area contributed by atoms with Gasteiger partial charge in [0.1, 0.15) is 6.61 Å². The lowest BCUT2D eigenvalue weighted by Crippen LogP contribution is -2.19. The van der Waals surface area contributed by atoms with Crippen LogP contribution in [0, 0.1) is 5.92 Å². The molecule has 3 N–H and O–H groups in total. The lowest BCUT2D eigenvalue weighted by Gasteiger charge is -2.13. The van der Waals surface area contributed by atoms with Crippen LogP contribution in [0.3, 0.4) is 0 Å². The number of aliphatic carboxylic acids is 1. The summed E-state index contributed by atoms with van der Waals surface area (Å²) >= 11 is 0. The minimum absolute atomic E-state index is 0.218. The predicted octanol–water partition coefficient (Wildman–Crippen LogP) is 1.99. The molecule has 1 rings (SSSR count). The molecular formula is C14H21NO3. The van der Waals surface area contributed by atoms with Gasteiger partial charge in [0, 0.05) is 0 Å². The van der Waals surface area contributed by atoms with Crippen molar-refractivity contribution in [3.05, 3.63) is 35.4 Å². The fourth-order valence-corrected chi connectivity index (χ4v) is 1.74. The second-order valence-electron chi connectivity index (χ2n) is 4.85. The molecule has 0 fully saturated rings. The Hall–Kier alpha value is -1.39. The van der Waals surface area contributed by atoms with E-state index in [1.807, 2.05) is 12.1 Å². The molecule has 0 saturated carbocycles. The highest BCUT2D eigenvalue weighted by molar-refractivity contribution is 5.67. The Labute approximate surface area is 108 Å². The first-order chi connectivity index (χ1) is 8.49. The van der Waals surface area contributed by atoms with Crippen LogP contribution in [0.25, 0.3) is 0 Å². The van der Waals surface area contributed by atoms with Gasteiger partial charge >= 0.3 is 5.97 Å². The molecule has 1 aromatic rings. The monoisotopic (exact) mass is 251 g/mol. The van der Waals surface area contributed by atoms with E-state index in [4.69, 9.17) is 15.6 Å². The Morgan fingerprint density at radius 3 is 2.44 bits per heavy atom. The molecule has 0 aliphatic heterocycles. The smallest absolute Gasteiger partial charge is 0.329 e. The van der Waals surface area contributed by atoms with Crippen LogP contribution in [0.15, 0.2) is 24.3 Å². The topological polar surface area (TPSA) is 72.5 Å². The van der Waals surface area contributed by atoms with Gasteiger partial charge in [-0.05, 0) is 23.5 Å². The zero-order valence-electron chi connectivity index (χ0n) is 10.9. The van der Waals surface area contributed by atoms with Gasteiger partial charge in [-0.1, -0.05) is 38.1 Å². The molecule has 1 unspecified atom stereocenters. The number of rotatable bonds is 7. The van der Waals surface area contributed by atoms with Crippen molar-refractivity contribution in [3.63, 3.8) is 0 Å². The summed E-state index contributed by atoms with van der Waals surface area (Å²) in [5.41, 5.74) is 8.16. The van der Waals surface area contributed by atoms with Gasteiger partial charge in [0.2, 0.25) is 0 Å². The van der Waals surface area contributed by atoms with Crippen molar-refractivity contribution >= 4 is 5.97 Å². The molecule has 0 heterocycles. The Morgan fingerprint density at radius 2 is 1.94 bits per heavy atom. The van der Waals surface area contributed by atoms with E-state index in [-0.39, 0.29) is 19.3 Å². The van der Waals surface area contributed by atoms with Crippen molar-refractivity contribution in [2.24, 2.45) is 11.7 Å². The van der Waals surface area contributed by atoms with Crippen molar-refractivity contribution < 1.29 is 14.6 Å². The van der Waals surface area contributed by atoms with Crippen LogP contribution >= 0.6 is 0 Å². The van der Waals surface area contributed by atoms with Crippen LogP contribution in [0.4, 0.5) is 0 Å². The summed E-state index contributed by atoms with van der Waals surface area (Å²) in [4.78, 5) is 10.3. The standard InChI is InChI=1S/C14H21NO3/c1-10(2)7-11-3-5-12(6-4-11)13(15)8-18-9-14(16)17/h3-6,10,13H,7-9,15H2,1-2H3,(H,16,17). The summed E-state index contributed by atoms with van der Waals surface area (Å²) in [7, 11) is 0. The zero-order chi connectivity index (χ0) is 13.5. The number of benzene rings is 1. The largest absolute Gasteiger partial charge is 0.480 e. The number of hydrogen-bond acceptors (Lipinski definition) is 3. The van der Waals surface area contributed by atoms with Crippen LogP contribution in [0.2, 0.25) is 0 Å². The quantitative estimate of drug-likeness (QED) is 0.777. The van der Waals surface area contributed by atoms with Crippen LogP contribution in [-0.2, 0) is 16.0 Å². The Kier molecular flexibility index (Phi) is 5.82. The molecule has 100 valence electrons. The fourth-order valence-electron chi connectivity index (χ4n) is 1.74. The fraction of sp³-hybridized carbons (Fsp3) is 0.500. The van der Waals surface area contributed by atoms with Crippen molar-refractivity contribution in [1.82, 2.24) is 0 Å².